The average molecular weight is 341 g/mol. The number of fused-ring (bicyclic) bond motifs is 1. The molecule has 2 heterocycles. The average Bonchev–Trinajstić information content (AvgIpc) is 2.88. The molecule has 0 unspecified atom stereocenters. The second-order valence-electron chi connectivity index (χ2n) is 5.61. The Morgan fingerprint density at radius 1 is 1.25 bits per heavy atom. The molecule has 3 aromatic rings. The number of anilines is 1. The number of nitrogen functional groups attached to an aromatic ring is 1. The largest absolute Gasteiger partial charge is 0.397 e. The summed E-state index contributed by atoms with van der Waals surface area (Å²) in [7, 11) is 0. The Hall–Kier alpha value is -2.80. The molecule has 0 fully saturated rings. The molecule has 0 saturated carbocycles. The van der Waals surface area contributed by atoms with Gasteiger partial charge in [0.2, 0.25) is 5.78 Å². The first-order valence-electron chi connectivity index (χ1n) is 7.26. The van der Waals surface area contributed by atoms with E-state index in [1.807, 2.05) is 20.8 Å². The fourth-order valence-electron chi connectivity index (χ4n) is 2.63. The number of nitro groups is 1. The summed E-state index contributed by atoms with van der Waals surface area (Å²) in [4.78, 5) is 28.7. The molecule has 0 bridgehead atoms. The predicted molar refractivity (Wildman–Crippen MR) is 94.8 cm³/mol. The van der Waals surface area contributed by atoms with Crippen molar-refractivity contribution in [2.24, 2.45) is 0 Å². The molecule has 2 N–H and O–H groups in total. The fourth-order valence-corrected chi connectivity index (χ4v) is 3.79. The maximum absolute atomic E-state index is 12.8. The molecule has 0 aliphatic carbocycles. The lowest BCUT2D eigenvalue weighted by atomic mass is 10.0. The van der Waals surface area contributed by atoms with E-state index < -0.39 is 4.92 Å². The second-order valence-corrected chi connectivity index (χ2v) is 6.61. The summed E-state index contributed by atoms with van der Waals surface area (Å²) in [6.45, 7) is 5.84. The number of carbonyl (C=O) groups excluding carboxylic acids is 1. The van der Waals surface area contributed by atoms with Gasteiger partial charge in [-0.2, -0.15) is 0 Å². The van der Waals surface area contributed by atoms with E-state index in [0.717, 1.165) is 22.2 Å². The number of nitrogens with zero attached hydrogens (tertiary/aromatic N) is 2. The number of hydrogen-bond donors (Lipinski definition) is 1. The highest BCUT2D eigenvalue weighted by Crippen LogP contribution is 2.37. The monoisotopic (exact) mass is 341 g/mol. The molecular formula is C17H15N3O3S. The van der Waals surface area contributed by atoms with E-state index in [9.17, 15) is 14.9 Å². The van der Waals surface area contributed by atoms with E-state index in [1.54, 1.807) is 6.07 Å². The molecule has 3 rings (SSSR count). The van der Waals surface area contributed by atoms with Gasteiger partial charge in [0.05, 0.1) is 10.6 Å². The second kappa shape index (κ2) is 5.68. The molecule has 2 aromatic heterocycles. The number of benzene rings is 1. The van der Waals surface area contributed by atoms with Gasteiger partial charge < -0.3 is 5.73 Å². The first kappa shape index (κ1) is 16.1. The van der Waals surface area contributed by atoms with Gasteiger partial charge in [-0.15, -0.1) is 11.3 Å². The van der Waals surface area contributed by atoms with Crippen LogP contribution in [0.2, 0.25) is 0 Å². The summed E-state index contributed by atoms with van der Waals surface area (Å²) in [5.41, 5.74) is 9.67. The normalized spacial score (nSPS) is 11.0. The van der Waals surface area contributed by atoms with E-state index in [2.05, 4.69) is 4.98 Å². The Labute approximate surface area is 142 Å². The summed E-state index contributed by atoms with van der Waals surface area (Å²) >= 11 is 1.22. The zero-order valence-corrected chi connectivity index (χ0v) is 14.2. The van der Waals surface area contributed by atoms with Gasteiger partial charge in [-0.25, -0.2) is 4.98 Å². The van der Waals surface area contributed by atoms with E-state index in [4.69, 9.17) is 5.73 Å². The van der Waals surface area contributed by atoms with Crippen LogP contribution in [-0.2, 0) is 0 Å². The number of hydrogen-bond acceptors (Lipinski definition) is 6. The molecule has 122 valence electrons. The molecule has 7 heteroatoms. The Balaban J connectivity index is 2.18. The molecule has 1 aromatic carbocycles. The van der Waals surface area contributed by atoms with Crippen LogP contribution in [0.15, 0.2) is 24.3 Å². The minimum atomic E-state index is -0.524. The molecular weight excluding hydrogens is 326 g/mol. The summed E-state index contributed by atoms with van der Waals surface area (Å²) < 4.78 is 0. The standard InChI is InChI=1S/C17H15N3O3S/c1-8-9(2)13-14(18)16(24-17(13)19-10(8)3)15(21)11-5-4-6-12(7-11)20(22)23/h4-7H,18H2,1-3H3. The van der Waals surface area contributed by atoms with Crippen LogP contribution in [0.5, 0.6) is 0 Å². The van der Waals surface area contributed by atoms with Crippen LogP contribution < -0.4 is 5.73 Å². The lowest BCUT2D eigenvalue weighted by Gasteiger charge is -2.05. The quantitative estimate of drug-likeness (QED) is 0.442. The van der Waals surface area contributed by atoms with Gasteiger partial charge in [0, 0.05) is 28.8 Å². The number of nitro benzene ring substituents is 1. The summed E-state index contributed by atoms with van der Waals surface area (Å²) in [6.07, 6.45) is 0. The van der Waals surface area contributed by atoms with Crippen LogP contribution >= 0.6 is 11.3 Å². The van der Waals surface area contributed by atoms with Gasteiger partial charge in [0.1, 0.15) is 9.71 Å². The number of aryl methyl sites for hydroxylation is 2. The zero-order valence-electron chi connectivity index (χ0n) is 13.4. The zero-order chi connectivity index (χ0) is 17.6. The van der Waals surface area contributed by atoms with Crippen LogP contribution in [-0.4, -0.2) is 15.7 Å². The molecule has 0 aliphatic heterocycles. The van der Waals surface area contributed by atoms with Crippen molar-refractivity contribution < 1.29 is 9.72 Å². The number of pyridine rings is 1. The third-order valence-electron chi connectivity index (χ3n) is 4.20. The Morgan fingerprint density at radius 3 is 2.62 bits per heavy atom. The van der Waals surface area contributed by atoms with Crippen LogP contribution in [0.3, 0.4) is 0 Å². The lowest BCUT2D eigenvalue weighted by Crippen LogP contribution is -2.03. The van der Waals surface area contributed by atoms with Crippen molar-refractivity contribution in [1.29, 1.82) is 0 Å². The van der Waals surface area contributed by atoms with Crippen LogP contribution in [0.4, 0.5) is 11.4 Å². The van der Waals surface area contributed by atoms with E-state index in [0.29, 0.717) is 15.4 Å². The molecule has 0 atom stereocenters. The van der Waals surface area contributed by atoms with Crippen molar-refractivity contribution in [1.82, 2.24) is 4.98 Å². The lowest BCUT2D eigenvalue weighted by molar-refractivity contribution is -0.384. The number of carbonyl (C=O) groups is 1. The SMILES string of the molecule is Cc1nc2sc(C(=O)c3cccc([N+](=O)[O-])c3)c(N)c2c(C)c1C. The third-order valence-corrected chi connectivity index (χ3v) is 5.30. The number of aromatic nitrogens is 1. The van der Waals surface area contributed by atoms with Crippen LogP contribution in [0.25, 0.3) is 10.2 Å². The Kier molecular flexibility index (Phi) is 3.81. The highest BCUT2D eigenvalue weighted by Gasteiger charge is 2.22. The number of nitrogens with two attached hydrogens (primary N) is 1. The van der Waals surface area contributed by atoms with Crippen molar-refractivity contribution in [3.8, 4) is 0 Å². The summed E-state index contributed by atoms with van der Waals surface area (Å²) in [5, 5.41) is 11.7. The molecule has 0 spiro atoms. The maximum atomic E-state index is 12.8. The van der Waals surface area contributed by atoms with E-state index in [-0.39, 0.29) is 17.0 Å². The van der Waals surface area contributed by atoms with Gasteiger partial charge in [-0.3, -0.25) is 14.9 Å². The summed E-state index contributed by atoms with van der Waals surface area (Å²) in [5.74, 6) is -0.325. The molecule has 0 amide bonds. The molecule has 0 radical (unpaired) electrons. The molecule has 24 heavy (non-hydrogen) atoms. The molecule has 0 saturated heterocycles. The van der Waals surface area contributed by atoms with Crippen LogP contribution in [0.1, 0.15) is 32.1 Å². The van der Waals surface area contributed by atoms with Crippen molar-refractivity contribution in [2.75, 3.05) is 5.73 Å². The first-order chi connectivity index (χ1) is 11.3. The number of thiophene rings is 1. The Morgan fingerprint density at radius 2 is 1.96 bits per heavy atom. The van der Waals surface area contributed by atoms with E-state index >= 15 is 0 Å². The van der Waals surface area contributed by atoms with Crippen molar-refractivity contribution in [3.05, 3.63) is 61.6 Å². The maximum Gasteiger partial charge on any atom is 0.270 e. The van der Waals surface area contributed by atoms with Crippen molar-refractivity contribution in [3.63, 3.8) is 0 Å². The fraction of sp³-hybridized carbons (Fsp3) is 0.176. The van der Waals surface area contributed by atoms with Crippen LogP contribution in [0, 0.1) is 30.9 Å². The topological polar surface area (TPSA) is 99.1 Å². The number of rotatable bonds is 3. The number of ketones is 1. The number of non-ortho nitro benzene ring substituents is 1. The molecule has 0 aliphatic rings. The third kappa shape index (κ3) is 2.43. The predicted octanol–water partition coefficient (Wildman–Crippen LogP) is 3.94. The van der Waals surface area contributed by atoms with Gasteiger partial charge in [0.25, 0.3) is 5.69 Å². The highest BCUT2D eigenvalue weighted by atomic mass is 32.1. The minimum Gasteiger partial charge on any atom is -0.397 e. The highest BCUT2D eigenvalue weighted by molar-refractivity contribution is 7.21. The van der Waals surface area contributed by atoms with E-state index in [1.165, 1.54) is 29.5 Å². The van der Waals surface area contributed by atoms with Crippen molar-refractivity contribution >= 4 is 38.7 Å². The smallest absolute Gasteiger partial charge is 0.270 e. The minimum absolute atomic E-state index is 0.124. The van der Waals surface area contributed by atoms with Crippen molar-refractivity contribution in [2.45, 2.75) is 20.8 Å². The molecule has 6 nitrogen and oxygen atoms in total. The van der Waals surface area contributed by atoms with Gasteiger partial charge in [-0.1, -0.05) is 12.1 Å². The first-order valence-corrected chi connectivity index (χ1v) is 8.07. The van der Waals surface area contributed by atoms with Gasteiger partial charge in [-0.05, 0) is 31.9 Å². The summed E-state index contributed by atoms with van der Waals surface area (Å²) in [6, 6.07) is 5.66. The van der Waals surface area contributed by atoms with Gasteiger partial charge >= 0.3 is 0 Å². The van der Waals surface area contributed by atoms with Gasteiger partial charge in [0.15, 0.2) is 0 Å². The Bertz CT molecular complexity index is 1010.